The number of benzene rings is 1. The van der Waals surface area contributed by atoms with E-state index in [9.17, 15) is 4.39 Å². The Morgan fingerprint density at radius 2 is 2.05 bits per heavy atom. The van der Waals surface area contributed by atoms with Crippen LogP contribution in [0.3, 0.4) is 0 Å². The van der Waals surface area contributed by atoms with E-state index in [1.165, 1.54) is 19.2 Å². The fraction of sp³-hybridized carbons (Fsp3) is 0.250. The Kier molecular flexibility index (Phi) is 4.11. The molecule has 0 saturated carbocycles. The molecule has 1 N–H and O–H groups in total. The molecule has 19 heavy (non-hydrogen) atoms. The van der Waals surface area contributed by atoms with Crippen molar-refractivity contribution in [2.24, 2.45) is 0 Å². The molecule has 0 fully saturated rings. The number of hydrogen-bond donors (Lipinski definition) is 1. The smallest absolute Gasteiger partial charge is 0.321 e. The van der Waals surface area contributed by atoms with Crippen LogP contribution < -0.4 is 10.1 Å². The molecular weight excluding hydrogens is 271 g/mol. The van der Waals surface area contributed by atoms with E-state index in [0.717, 1.165) is 0 Å². The topological polar surface area (TPSA) is 59.9 Å². The van der Waals surface area contributed by atoms with E-state index in [0.29, 0.717) is 23.9 Å². The van der Waals surface area contributed by atoms with E-state index in [2.05, 4.69) is 20.3 Å². The molecule has 1 aromatic heterocycles. The summed E-state index contributed by atoms with van der Waals surface area (Å²) in [4.78, 5) is 12.3. The molecule has 5 nitrogen and oxygen atoms in total. The number of aromatic nitrogens is 3. The molecule has 1 heterocycles. The van der Waals surface area contributed by atoms with Crippen LogP contribution in [-0.2, 0) is 0 Å². The zero-order valence-electron chi connectivity index (χ0n) is 10.4. The number of rotatable bonds is 4. The molecule has 2 rings (SSSR count). The molecule has 2 aromatic rings. The van der Waals surface area contributed by atoms with Gasteiger partial charge in [-0.1, -0.05) is 11.6 Å². The lowest BCUT2D eigenvalue weighted by molar-refractivity contribution is 0.379. The Labute approximate surface area is 114 Å². The van der Waals surface area contributed by atoms with Gasteiger partial charge in [-0.05, 0) is 25.1 Å². The first kappa shape index (κ1) is 13.5. The lowest BCUT2D eigenvalue weighted by Gasteiger charge is -2.07. The van der Waals surface area contributed by atoms with Crippen LogP contribution in [0.25, 0.3) is 11.4 Å². The number of ether oxygens (including phenoxy) is 1. The molecule has 0 radical (unpaired) electrons. The van der Waals surface area contributed by atoms with Crippen LogP contribution in [0, 0.1) is 5.82 Å². The first-order valence-corrected chi connectivity index (χ1v) is 6.00. The summed E-state index contributed by atoms with van der Waals surface area (Å²) in [6.07, 6.45) is 0. The third-order valence-electron chi connectivity index (χ3n) is 2.25. The summed E-state index contributed by atoms with van der Waals surface area (Å²) in [7, 11) is 1.45. The SMILES string of the molecule is CCNc1nc(OC)nc(-c2cc(F)cc(Cl)c2)n1. The van der Waals surface area contributed by atoms with Crippen molar-refractivity contribution in [3.63, 3.8) is 0 Å². The second-order valence-corrected chi connectivity index (χ2v) is 4.09. The highest BCUT2D eigenvalue weighted by atomic mass is 35.5. The van der Waals surface area contributed by atoms with Crippen LogP contribution >= 0.6 is 11.6 Å². The van der Waals surface area contributed by atoms with Gasteiger partial charge in [0.25, 0.3) is 0 Å². The third kappa shape index (κ3) is 3.29. The molecule has 0 aliphatic carbocycles. The Balaban J connectivity index is 2.50. The quantitative estimate of drug-likeness (QED) is 0.934. The maximum Gasteiger partial charge on any atom is 0.321 e. The van der Waals surface area contributed by atoms with E-state index in [4.69, 9.17) is 16.3 Å². The Morgan fingerprint density at radius 1 is 1.26 bits per heavy atom. The number of hydrogen-bond acceptors (Lipinski definition) is 5. The third-order valence-corrected chi connectivity index (χ3v) is 2.47. The predicted octanol–water partition coefficient (Wildman–Crippen LogP) is 2.77. The number of nitrogens with one attached hydrogen (secondary N) is 1. The number of nitrogens with zero attached hydrogens (tertiary/aromatic N) is 3. The summed E-state index contributed by atoms with van der Waals surface area (Å²) in [6.45, 7) is 2.56. The van der Waals surface area contributed by atoms with Crippen LogP contribution in [0.1, 0.15) is 6.92 Å². The average Bonchev–Trinajstić information content (AvgIpc) is 2.37. The van der Waals surface area contributed by atoms with Gasteiger partial charge in [-0.2, -0.15) is 15.0 Å². The zero-order chi connectivity index (χ0) is 13.8. The first-order chi connectivity index (χ1) is 9.12. The average molecular weight is 283 g/mol. The molecule has 0 aliphatic rings. The van der Waals surface area contributed by atoms with Gasteiger partial charge in [0, 0.05) is 17.1 Å². The van der Waals surface area contributed by atoms with E-state index in [-0.39, 0.29) is 11.0 Å². The van der Waals surface area contributed by atoms with Crippen molar-refractivity contribution < 1.29 is 9.13 Å². The van der Waals surface area contributed by atoms with E-state index >= 15 is 0 Å². The van der Waals surface area contributed by atoms with Crippen molar-refractivity contribution in [3.05, 3.63) is 29.0 Å². The van der Waals surface area contributed by atoms with Crippen LogP contribution in [0.5, 0.6) is 6.01 Å². The monoisotopic (exact) mass is 282 g/mol. The molecule has 1 aromatic carbocycles. The highest BCUT2D eigenvalue weighted by Gasteiger charge is 2.10. The summed E-state index contributed by atoms with van der Waals surface area (Å²) in [6, 6.07) is 4.25. The fourth-order valence-corrected chi connectivity index (χ4v) is 1.72. The van der Waals surface area contributed by atoms with Gasteiger partial charge in [0.05, 0.1) is 7.11 Å². The summed E-state index contributed by atoms with van der Waals surface area (Å²) >= 11 is 5.82. The van der Waals surface area contributed by atoms with Gasteiger partial charge >= 0.3 is 6.01 Å². The van der Waals surface area contributed by atoms with Crippen LogP contribution in [0.2, 0.25) is 5.02 Å². The molecule has 0 saturated heterocycles. The Bertz CT molecular complexity index is 574. The minimum Gasteiger partial charge on any atom is -0.467 e. The van der Waals surface area contributed by atoms with Crippen molar-refractivity contribution in [1.82, 2.24) is 15.0 Å². The lowest BCUT2D eigenvalue weighted by atomic mass is 10.2. The van der Waals surface area contributed by atoms with Gasteiger partial charge in [-0.3, -0.25) is 0 Å². The predicted molar refractivity (Wildman–Crippen MR) is 70.9 cm³/mol. The van der Waals surface area contributed by atoms with Gasteiger partial charge in [0.1, 0.15) is 5.82 Å². The van der Waals surface area contributed by atoms with Gasteiger partial charge < -0.3 is 10.1 Å². The molecule has 7 heteroatoms. The van der Waals surface area contributed by atoms with E-state index in [1.54, 1.807) is 6.07 Å². The number of anilines is 1. The van der Waals surface area contributed by atoms with Gasteiger partial charge in [0.15, 0.2) is 5.82 Å². The summed E-state index contributed by atoms with van der Waals surface area (Å²) in [5.74, 6) is 0.209. The number of halogens is 2. The highest BCUT2D eigenvalue weighted by molar-refractivity contribution is 6.30. The van der Waals surface area contributed by atoms with Crippen LogP contribution in [0.4, 0.5) is 10.3 Å². The molecule has 0 unspecified atom stereocenters. The van der Waals surface area contributed by atoms with Crippen molar-refractivity contribution in [2.75, 3.05) is 19.0 Å². The van der Waals surface area contributed by atoms with Crippen LogP contribution in [-0.4, -0.2) is 28.6 Å². The minimum absolute atomic E-state index is 0.154. The second-order valence-electron chi connectivity index (χ2n) is 3.66. The van der Waals surface area contributed by atoms with Crippen molar-refractivity contribution in [2.45, 2.75) is 6.92 Å². The van der Waals surface area contributed by atoms with Crippen molar-refractivity contribution in [1.29, 1.82) is 0 Å². The van der Waals surface area contributed by atoms with Gasteiger partial charge in [0.2, 0.25) is 5.95 Å². The van der Waals surface area contributed by atoms with E-state index < -0.39 is 5.82 Å². The van der Waals surface area contributed by atoms with E-state index in [1.807, 2.05) is 6.92 Å². The molecule has 0 amide bonds. The molecular formula is C12H12ClFN4O. The zero-order valence-corrected chi connectivity index (χ0v) is 11.2. The van der Waals surface area contributed by atoms with Crippen molar-refractivity contribution in [3.8, 4) is 17.4 Å². The Hall–Kier alpha value is -1.95. The van der Waals surface area contributed by atoms with Crippen molar-refractivity contribution >= 4 is 17.5 Å². The molecule has 100 valence electrons. The normalized spacial score (nSPS) is 10.3. The molecule has 0 spiro atoms. The maximum atomic E-state index is 13.3. The van der Waals surface area contributed by atoms with Gasteiger partial charge in [-0.25, -0.2) is 4.39 Å². The largest absolute Gasteiger partial charge is 0.467 e. The highest BCUT2D eigenvalue weighted by Crippen LogP contribution is 2.23. The second kappa shape index (κ2) is 5.79. The molecule has 0 atom stereocenters. The number of methoxy groups -OCH3 is 1. The molecule has 0 bridgehead atoms. The summed E-state index contributed by atoms with van der Waals surface area (Å²) < 4.78 is 18.3. The summed E-state index contributed by atoms with van der Waals surface area (Å²) in [5.41, 5.74) is 0.463. The molecule has 0 aliphatic heterocycles. The van der Waals surface area contributed by atoms with Crippen LogP contribution in [0.15, 0.2) is 18.2 Å². The maximum absolute atomic E-state index is 13.3. The van der Waals surface area contributed by atoms with Gasteiger partial charge in [-0.15, -0.1) is 0 Å². The standard InChI is InChI=1S/C12H12ClFN4O/c1-3-15-11-16-10(17-12(18-11)19-2)7-4-8(13)6-9(14)5-7/h4-6H,3H2,1-2H3,(H,15,16,17,18). The lowest BCUT2D eigenvalue weighted by Crippen LogP contribution is -2.06. The minimum atomic E-state index is -0.452. The summed E-state index contributed by atoms with van der Waals surface area (Å²) in [5, 5.41) is 3.23. The fourth-order valence-electron chi connectivity index (χ4n) is 1.50. The Morgan fingerprint density at radius 3 is 2.68 bits per heavy atom. The first-order valence-electron chi connectivity index (χ1n) is 5.62.